The Morgan fingerprint density at radius 1 is 0.412 bits per heavy atom. The smallest absolute Gasteiger partial charge is 0.398 e. The number of fused-ring (bicyclic) bond motifs is 4. The molecule has 4 aromatic heterocycles. The number of hydrogen-bond acceptors (Lipinski definition) is 16. The van der Waals surface area contributed by atoms with Crippen molar-refractivity contribution in [1.29, 1.82) is 0 Å². The van der Waals surface area contributed by atoms with Crippen molar-refractivity contribution in [2.75, 3.05) is 0 Å². The largest absolute Gasteiger partial charge is 0.488 e. The van der Waals surface area contributed by atoms with Gasteiger partial charge in [0, 0.05) is 93.3 Å². The van der Waals surface area contributed by atoms with Gasteiger partial charge in [-0.25, -0.2) is 0 Å². The molecule has 4 aromatic carbocycles. The van der Waals surface area contributed by atoms with Crippen molar-refractivity contribution in [1.82, 2.24) is 19.6 Å². The summed E-state index contributed by atoms with van der Waals surface area (Å²) in [6.07, 6.45) is 5.94. The molecular formula is C96H101F3N4O12S4. The minimum Gasteiger partial charge on any atom is -0.488 e. The summed E-state index contributed by atoms with van der Waals surface area (Å²) >= 11 is 5.96. The maximum atomic E-state index is 13.3. The zero-order valence-corrected chi connectivity index (χ0v) is 71.9. The molecule has 4 amide bonds. The first-order chi connectivity index (χ1) is 56.6. The van der Waals surface area contributed by atoms with E-state index in [-0.39, 0.29) is 101 Å². The van der Waals surface area contributed by atoms with E-state index >= 15 is 0 Å². The van der Waals surface area contributed by atoms with Gasteiger partial charge in [-0.1, -0.05) is 146 Å². The van der Waals surface area contributed by atoms with Gasteiger partial charge >= 0.3 is 6.18 Å². The molecule has 622 valence electrons. The number of halogens is 3. The summed E-state index contributed by atoms with van der Waals surface area (Å²) in [7, 11) is 0. The number of amides is 4. The maximum absolute atomic E-state index is 13.3. The lowest BCUT2D eigenvalue weighted by Crippen LogP contribution is -2.43. The third-order valence-electron chi connectivity index (χ3n) is 24.9. The molecule has 119 heavy (non-hydrogen) atoms. The fourth-order valence-electron chi connectivity index (χ4n) is 17.1. The number of alkyl halides is 3. The molecular weight excluding hydrogens is 1590 g/mol. The summed E-state index contributed by atoms with van der Waals surface area (Å²) in [6.45, 7) is 34.6. The van der Waals surface area contributed by atoms with Gasteiger partial charge in [-0.2, -0.15) is 13.2 Å². The molecule has 23 heteroatoms. The van der Waals surface area contributed by atoms with Crippen molar-refractivity contribution in [3.05, 3.63) is 253 Å². The van der Waals surface area contributed by atoms with E-state index in [1.165, 1.54) is 75.7 Å². The van der Waals surface area contributed by atoms with Crippen LogP contribution in [-0.4, -0.2) is 96.7 Å². The van der Waals surface area contributed by atoms with Gasteiger partial charge < -0.3 is 38.5 Å². The first-order valence-electron chi connectivity index (χ1n) is 41.0. The van der Waals surface area contributed by atoms with Gasteiger partial charge in [0.05, 0.1) is 50.5 Å². The molecule has 18 rings (SSSR count). The number of rotatable bonds is 18. The van der Waals surface area contributed by atoms with E-state index in [0.29, 0.717) is 114 Å². The number of nitrogens with zero attached hydrogens (tertiary/aromatic N) is 4. The predicted octanol–water partition coefficient (Wildman–Crippen LogP) is 21.1. The number of carbonyl (C=O) groups is 8. The number of allylic oxidation sites excluding steroid dienone is 4. The molecule has 0 N–H and O–H groups in total. The van der Waals surface area contributed by atoms with Crippen LogP contribution in [0, 0.1) is 0 Å². The molecule has 6 fully saturated rings. The third-order valence-corrected chi connectivity index (χ3v) is 29.2. The van der Waals surface area contributed by atoms with E-state index < -0.39 is 17.6 Å². The molecule has 8 heterocycles. The standard InChI is InChI=1S/C24H22F3NO3S.C24H25NO3S.2C24H27NO3S/c1-14-2-7-19(20(29)10-14)28-11-17-18(22(28)30)13-32-21(17)12-31-16-5-3-15(4-6-16)23(8-9-23)24(25,26)27;1-15-3-8-20(21(26)11-15)25-13-16-12-19(29-22(16)23(25)27)14-28-18-6-4-17(5-7-18)24(2)9-10-24;1-15-5-10-20(21(26)11-15)25-13-16-12-19(29-22(16)23(25)27)14-28-18-8-6-17(7-9-18)24(2,3)4;1-15-5-10-20(21(26)11-15)25-12-18-19(23(25)27)14-29-22(18)13-28-17-8-6-16(7-9-17)24(2,3)4/h3-6,13,19H,1-2,7-12H2;4-7,12,20H,1,3,8-11,13-14H2,2H3;6-9,12,20H,1,5,10-11,13-14H2,2-4H3;6-9,14,20H,1,5,10-13H2,2-4H3/t19-;3*20-/m0000/s1. The topological polar surface area (TPSA) is 186 Å². The zero-order chi connectivity index (χ0) is 84.4. The first-order valence-corrected chi connectivity index (χ1v) is 44.4. The second kappa shape index (κ2) is 33.7. The van der Waals surface area contributed by atoms with E-state index in [4.69, 9.17) is 18.9 Å². The van der Waals surface area contributed by atoms with Gasteiger partial charge in [0.2, 0.25) is 0 Å². The Morgan fingerprint density at radius 2 is 0.723 bits per heavy atom. The van der Waals surface area contributed by atoms with Gasteiger partial charge in [0.1, 0.15) is 49.4 Å². The molecule has 10 aliphatic rings. The molecule has 0 unspecified atom stereocenters. The maximum Gasteiger partial charge on any atom is 0.398 e. The van der Waals surface area contributed by atoms with Crippen molar-refractivity contribution in [3.63, 3.8) is 0 Å². The summed E-state index contributed by atoms with van der Waals surface area (Å²) in [4.78, 5) is 113. The SMILES string of the molecule is C=C1CC[C@H](N2Cc3c(csc3COc3ccc(C(C)(C)C)cc3)C2=O)C(=O)C1.C=C1CC[C@H](N2Cc3c(csc3COc3ccc(C4(C(F)(F)F)CC4)cc3)C2=O)C(=O)C1.C=C1CC[C@H](N2Cc3cc(COc4ccc(C(C)(C)C)cc4)sc3C2=O)C(=O)C1.C=C1CC[C@H](N2Cc3cc(COc4ccc(C5(C)CC5)cc4)sc3C2=O)C(=O)C1. The molecule has 0 spiro atoms. The highest BCUT2D eigenvalue weighted by atomic mass is 32.1. The zero-order valence-electron chi connectivity index (χ0n) is 68.6. The molecule has 16 nitrogen and oxygen atoms in total. The summed E-state index contributed by atoms with van der Waals surface area (Å²) in [5.74, 6) is 3.19. The molecule has 0 radical (unpaired) electrons. The predicted molar refractivity (Wildman–Crippen MR) is 458 cm³/mol. The highest BCUT2D eigenvalue weighted by molar-refractivity contribution is 7.14. The normalized spacial score (nSPS) is 21.1. The van der Waals surface area contributed by atoms with Gasteiger partial charge in [-0.3, -0.25) is 38.4 Å². The summed E-state index contributed by atoms with van der Waals surface area (Å²) < 4.78 is 63.6. The first kappa shape index (κ1) is 84.2. The molecule has 0 bridgehead atoms. The Labute approximate surface area is 709 Å². The quantitative estimate of drug-likeness (QED) is 0.0741. The lowest BCUT2D eigenvalue weighted by Gasteiger charge is -2.30. The van der Waals surface area contributed by atoms with E-state index in [0.717, 1.165) is 122 Å². The lowest BCUT2D eigenvalue weighted by atomic mass is 9.87. The van der Waals surface area contributed by atoms with E-state index in [1.807, 2.05) is 47.8 Å². The Kier molecular flexibility index (Phi) is 23.8. The fraction of sp³-hybridized carbons (Fsp3) is 0.417. The van der Waals surface area contributed by atoms with Crippen molar-refractivity contribution in [2.45, 2.75) is 256 Å². The average molecular weight is 1690 g/mol. The Morgan fingerprint density at radius 3 is 1.02 bits per heavy atom. The van der Waals surface area contributed by atoms with Crippen LogP contribution in [0.4, 0.5) is 13.2 Å². The number of Topliss-reactive ketones (excluding diaryl/α,β-unsaturated/α-hetero) is 4. The average Bonchev–Trinajstić information content (AvgIpc) is 1.58. The van der Waals surface area contributed by atoms with Crippen LogP contribution in [-0.2, 0) is 93.4 Å². The van der Waals surface area contributed by atoms with Crippen molar-refractivity contribution >= 4 is 92.1 Å². The van der Waals surface area contributed by atoms with E-state index in [9.17, 15) is 51.5 Å². The van der Waals surface area contributed by atoms with Crippen molar-refractivity contribution in [3.8, 4) is 23.0 Å². The molecule has 4 atom stereocenters. The number of ketones is 4. The molecule has 8 aromatic rings. The van der Waals surface area contributed by atoms with Gasteiger partial charge in [-0.05, 0) is 187 Å². The second-order valence-corrected chi connectivity index (χ2v) is 39.9. The minimum absolute atomic E-state index is 0.0101. The molecule has 6 aliphatic carbocycles. The minimum atomic E-state index is -4.24. The number of ether oxygens (including phenoxy) is 4. The van der Waals surface area contributed by atoms with E-state index in [2.05, 4.69) is 117 Å². The van der Waals surface area contributed by atoms with E-state index in [1.54, 1.807) is 48.4 Å². The number of hydrogen-bond donors (Lipinski definition) is 0. The van der Waals surface area contributed by atoms with Crippen LogP contribution in [0.15, 0.2) is 169 Å². The monoisotopic (exact) mass is 1690 g/mol. The third kappa shape index (κ3) is 18.2. The van der Waals surface area contributed by atoms with Crippen LogP contribution in [0.5, 0.6) is 23.0 Å². The number of benzene rings is 4. The fourth-order valence-corrected chi connectivity index (χ4v) is 21.1. The summed E-state index contributed by atoms with van der Waals surface area (Å²) in [5, 5.41) is 3.71. The van der Waals surface area contributed by atoms with Crippen LogP contribution in [0.1, 0.15) is 255 Å². The van der Waals surface area contributed by atoms with Crippen molar-refractivity contribution < 1.29 is 70.5 Å². The Hall–Kier alpha value is -9.81. The van der Waals surface area contributed by atoms with Gasteiger partial charge in [0.15, 0.2) is 23.1 Å². The molecule has 0 saturated heterocycles. The van der Waals surface area contributed by atoms with Crippen LogP contribution in [0.3, 0.4) is 0 Å². The Balaban J connectivity index is 0.000000124. The lowest BCUT2D eigenvalue weighted by molar-refractivity contribution is -0.160. The highest BCUT2D eigenvalue weighted by Gasteiger charge is 2.64. The second-order valence-electron chi connectivity index (χ2n) is 35.7. The van der Waals surface area contributed by atoms with Crippen LogP contribution < -0.4 is 18.9 Å². The molecule has 6 saturated carbocycles. The van der Waals surface area contributed by atoms with Gasteiger partial charge in [-0.15, -0.1) is 45.3 Å². The van der Waals surface area contributed by atoms with Gasteiger partial charge in [0.25, 0.3) is 23.6 Å². The molecule has 4 aliphatic heterocycles. The summed E-state index contributed by atoms with van der Waals surface area (Å²) in [6, 6.07) is 33.7. The van der Waals surface area contributed by atoms with Crippen LogP contribution in [0.25, 0.3) is 0 Å². The number of thiophene rings is 4. The Bertz CT molecular complexity index is 5190. The number of carbonyl (C=O) groups excluding carboxylic acids is 8. The van der Waals surface area contributed by atoms with Crippen LogP contribution >= 0.6 is 45.3 Å². The van der Waals surface area contributed by atoms with Crippen molar-refractivity contribution in [2.24, 2.45) is 0 Å². The van der Waals surface area contributed by atoms with Crippen LogP contribution in [0.2, 0.25) is 0 Å². The highest BCUT2D eigenvalue weighted by Crippen LogP contribution is 2.59. The summed E-state index contributed by atoms with van der Waals surface area (Å²) in [5.41, 5.74) is 12.2.